The Balaban J connectivity index is 1.43. The zero-order valence-corrected chi connectivity index (χ0v) is 15.2. The number of carbonyl (C=O) groups is 2. The molecule has 2 aromatic heterocycles. The van der Waals surface area contributed by atoms with Crippen LogP contribution in [0.3, 0.4) is 0 Å². The number of urea groups is 1. The molecule has 1 aromatic carbocycles. The van der Waals surface area contributed by atoms with Gasteiger partial charge in [-0.15, -0.1) is 0 Å². The highest BCUT2D eigenvalue weighted by Gasteiger charge is 2.46. The van der Waals surface area contributed by atoms with Crippen LogP contribution in [0.1, 0.15) is 31.4 Å². The van der Waals surface area contributed by atoms with E-state index in [2.05, 4.69) is 15.3 Å². The molecular formula is C20H18N4O4. The first-order chi connectivity index (χ1) is 13.6. The Morgan fingerprint density at radius 3 is 2.68 bits per heavy atom. The number of amides is 3. The third-order valence-corrected chi connectivity index (χ3v) is 5.25. The summed E-state index contributed by atoms with van der Waals surface area (Å²) in [7, 11) is 0. The van der Waals surface area contributed by atoms with Crippen molar-refractivity contribution in [3.8, 4) is 11.6 Å². The van der Waals surface area contributed by atoms with Crippen LogP contribution < -0.4 is 10.1 Å². The normalized spacial score (nSPS) is 22.4. The van der Waals surface area contributed by atoms with E-state index in [-0.39, 0.29) is 29.9 Å². The van der Waals surface area contributed by atoms with Gasteiger partial charge in [-0.1, -0.05) is 19.1 Å². The van der Waals surface area contributed by atoms with Crippen molar-refractivity contribution < 1.29 is 18.7 Å². The van der Waals surface area contributed by atoms with Crippen LogP contribution in [0.4, 0.5) is 4.79 Å². The summed E-state index contributed by atoms with van der Waals surface area (Å²) in [5.41, 5.74) is 1.37. The summed E-state index contributed by atoms with van der Waals surface area (Å²) in [6, 6.07) is 8.79. The van der Waals surface area contributed by atoms with Crippen molar-refractivity contribution in [3.63, 3.8) is 0 Å². The molecule has 2 atom stereocenters. The lowest BCUT2D eigenvalue weighted by Gasteiger charge is -2.39. The molecule has 3 aromatic rings. The van der Waals surface area contributed by atoms with Gasteiger partial charge < -0.3 is 14.1 Å². The van der Waals surface area contributed by atoms with Crippen molar-refractivity contribution in [1.82, 2.24) is 20.2 Å². The molecule has 0 radical (unpaired) electrons. The fourth-order valence-corrected chi connectivity index (χ4v) is 3.68. The van der Waals surface area contributed by atoms with Gasteiger partial charge in [-0.05, 0) is 36.6 Å². The minimum absolute atomic E-state index is 0.201. The Kier molecular flexibility index (Phi) is 3.78. The summed E-state index contributed by atoms with van der Waals surface area (Å²) < 4.78 is 11.1. The summed E-state index contributed by atoms with van der Waals surface area (Å²) in [4.78, 5) is 34.6. The molecule has 8 nitrogen and oxygen atoms in total. The van der Waals surface area contributed by atoms with Crippen molar-refractivity contribution in [1.29, 1.82) is 0 Å². The Morgan fingerprint density at radius 2 is 1.93 bits per heavy atom. The van der Waals surface area contributed by atoms with Gasteiger partial charge in [-0.2, -0.15) is 0 Å². The van der Waals surface area contributed by atoms with Crippen LogP contribution in [0.25, 0.3) is 11.1 Å². The number of aromatic nitrogens is 2. The van der Waals surface area contributed by atoms with Crippen LogP contribution in [0.15, 0.2) is 47.3 Å². The average molecular weight is 378 g/mol. The molecule has 3 heterocycles. The monoisotopic (exact) mass is 378 g/mol. The van der Waals surface area contributed by atoms with Crippen LogP contribution in [-0.4, -0.2) is 32.8 Å². The van der Waals surface area contributed by atoms with Crippen molar-refractivity contribution in [2.45, 2.75) is 31.8 Å². The number of hydrogen-bond acceptors (Lipinski definition) is 6. The first-order valence-electron chi connectivity index (χ1n) is 9.21. The van der Waals surface area contributed by atoms with Crippen molar-refractivity contribution in [2.75, 3.05) is 0 Å². The summed E-state index contributed by atoms with van der Waals surface area (Å²) >= 11 is 0. The summed E-state index contributed by atoms with van der Waals surface area (Å²) in [5, 5.41) is 3.15. The second-order valence-corrected chi connectivity index (χ2v) is 7.16. The molecule has 1 saturated heterocycles. The summed E-state index contributed by atoms with van der Waals surface area (Å²) in [5.74, 6) is 0.446. The van der Waals surface area contributed by atoms with Gasteiger partial charge in [0.25, 0.3) is 0 Å². The van der Waals surface area contributed by atoms with E-state index in [4.69, 9.17) is 9.15 Å². The van der Waals surface area contributed by atoms with E-state index in [9.17, 15) is 9.59 Å². The van der Waals surface area contributed by atoms with Crippen LogP contribution in [0, 0.1) is 5.92 Å². The number of hydrogen-bond donors (Lipinski definition) is 1. The maximum Gasteiger partial charge on any atom is 0.324 e. The van der Waals surface area contributed by atoms with Crippen molar-refractivity contribution in [2.24, 2.45) is 5.92 Å². The quantitative estimate of drug-likeness (QED) is 0.747. The molecule has 2 aliphatic rings. The van der Waals surface area contributed by atoms with Crippen molar-refractivity contribution >= 4 is 23.0 Å². The number of nitrogens with zero attached hydrogens (tertiary/aromatic N) is 3. The van der Waals surface area contributed by atoms with Gasteiger partial charge in [0.2, 0.25) is 17.5 Å². The lowest BCUT2D eigenvalue weighted by Crippen LogP contribution is -2.56. The van der Waals surface area contributed by atoms with Gasteiger partial charge in [-0.3, -0.25) is 10.1 Å². The standard InChI is InChI=1S/C20H18N4O4/c1-11-16(24(13-4-5-13)20(26)23-17(11)25)12-2-6-14(7-3-12)28-19-15-8-9-27-18(15)21-10-22-19/h2-3,6-11,13,16H,4-5H2,1H3,(H,23,25,26). The predicted octanol–water partition coefficient (Wildman–Crippen LogP) is 3.41. The highest BCUT2D eigenvalue weighted by Crippen LogP contribution is 2.41. The molecule has 3 amide bonds. The number of rotatable bonds is 4. The first-order valence-corrected chi connectivity index (χ1v) is 9.21. The van der Waals surface area contributed by atoms with Crippen molar-refractivity contribution in [3.05, 3.63) is 48.5 Å². The molecule has 142 valence electrons. The Hall–Kier alpha value is -3.42. The fourth-order valence-electron chi connectivity index (χ4n) is 3.68. The van der Waals surface area contributed by atoms with Crippen LogP contribution in [0.5, 0.6) is 11.6 Å². The smallest absolute Gasteiger partial charge is 0.324 e. The molecule has 5 rings (SSSR count). The SMILES string of the molecule is CC1C(=O)NC(=O)N(C2CC2)C1c1ccc(Oc2ncnc3occc23)cc1. The van der Waals surface area contributed by atoms with E-state index < -0.39 is 0 Å². The molecule has 2 fully saturated rings. The number of ether oxygens (including phenoxy) is 1. The maximum atomic E-state index is 12.4. The molecule has 1 saturated carbocycles. The highest BCUT2D eigenvalue weighted by atomic mass is 16.5. The predicted molar refractivity (Wildman–Crippen MR) is 98.6 cm³/mol. The molecule has 1 N–H and O–H groups in total. The zero-order chi connectivity index (χ0) is 19.3. The molecule has 2 unspecified atom stereocenters. The second kappa shape index (κ2) is 6.33. The van der Waals surface area contributed by atoms with Crippen LogP contribution in [0.2, 0.25) is 0 Å². The molecule has 1 aliphatic carbocycles. The second-order valence-electron chi connectivity index (χ2n) is 7.16. The number of benzene rings is 1. The molecule has 1 aliphatic heterocycles. The van der Waals surface area contributed by atoms with E-state index in [1.807, 2.05) is 31.2 Å². The van der Waals surface area contributed by atoms with E-state index in [0.717, 1.165) is 18.4 Å². The maximum absolute atomic E-state index is 12.4. The summed E-state index contributed by atoms with van der Waals surface area (Å²) in [6.45, 7) is 1.85. The minimum Gasteiger partial charge on any atom is -0.446 e. The molecular weight excluding hydrogens is 360 g/mol. The Labute approximate surface area is 160 Å². The van der Waals surface area contributed by atoms with Gasteiger partial charge in [0, 0.05) is 6.04 Å². The van der Waals surface area contributed by atoms with E-state index in [1.54, 1.807) is 11.0 Å². The van der Waals surface area contributed by atoms with E-state index in [1.165, 1.54) is 12.6 Å². The van der Waals surface area contributed by atoms with Gasteiger partial charge >= 0.3 is 6.03 Å². The van der Waals surface area contributed by atoms with E-state index >= 15 is 0 Å². The van der Waals surface area contributed by atoms with Gasteiger partial charge in [0.15, 0.2) is 0 Å². The first kappa shape index (κ1) is 16.7. The number of furan rings is 1. The van der Waals surface area contributed by atoms with Gasteiger partial charge in [0.05, 0.1) is 18.2 Å². The molecule has 0 bridgehead atoms. The number of carbonyl (C=O) groups excluding carboxylic acids is 2. The topological polar surface area (TPSA) is 97.6 Å². The van der Waals surface area contributed by atoms with E-state index in [0.29, 0.717) is 22.7 Å². The third kappa shape index (κ3) is 2.77. The fraction of sp³-hybridized carbons (Fsp3) is 0.300. The Bertz CT molecular complexity index is 1060. The average Bonchev–Trinajstić information content (AvgIpc) is 3.41. The molecule has 8 heteroatoms. The number of fused-ring (bicyclic) bond motifs is 1. The summed E-state index contributed by atoms with van der Waals surface area (Å²) in [6.07, 6.45) is 4.87. The molecule has 28 heavy (non-hydrogen) atoms. The van der Waals surface area contributed by atoms with Crippen LogP contribution in [-0.2, 0) is 4.79 Å². The lowest BCUT2D eigenvalue weighted by molar-refractivity contribution is -0.127. The molecule has 0 spiro atoms. The number of nitrogens with one attached hydrogen (secondary N) is 1. The third-order valence-electron chi connectivity index (χ3n) is 5.25. The highest BCUT2D eigenvalue weighted by molar-refractivity contribution is 5.98. The largest absolute Gasteiger partial charge is 0.446 e. The van der Waals surface area contributed by atoms with Crippen LogP contribution >= 0.6 is 0 Å². The minimum atomic E-state index is -0.322. The Morgan fingerprint density at radius 1 is 1.14 bits per heavy atom. The zero-order valence-electron chi connectivity index (χ0n) is 15.2. The van der Waals surface area contributed by atoms with Gasteiger partial charge in [-0.25, -0.2) is 14.8 Å². The van der Waals surface area contributed by atoms with Gasteiger partial charge in [0.1, 0.15) is 17.5 Å². The number of imide groups is 1. The lowest BCUT2D eigenvalue weighted by atomic mass is 9.90.